The zero-order chi connectivity index (χ0) is 19.6. The van der Waals surface area contributed by atoms with Gasteiger partial charge in [-0.1, -0.05) is 6.07 Å². The van der Waals surface area contributed by atoms with Crippen LogP contribution in [0.1, 0.15) is 45.5 Å². The molecular formula is C18H15N3O5S. The normalized spacial score (nSPS) is 12.9. The monoisotopic (exact) mass is 385 g/mol. The number of aromatic carboxylic acids is 1. The number of fused-ring (bicyclic) bond motifs is 1. The van der Waals surface area contributed by atoms with Gasteiger partial charge in [-0.2, -0.15) is 5.26 Å². The number of aromatic nitrogens is 1. The van der Waals surface area contributed by atoms with Gasteiger partial charge in [-0.05, 0) is 42.9 Å². The second-order valence-corrected chi connectivity index (χ2v) is 7.11. The third-order valence-corrected chi connectivity index (χ3v) is 5.60. The average molecular weight is 385 g/mol. The summed E-state index contributed by atoms with van der Waals surface area (Å²) in [6, 6.07) is 5.75. The van der Waals surface area contributed by atoms with Crippen LogP contribution >= 0.6 is 11.8 Å². The molecule has 0 spiro atoms. The highest BCUT2D eigenvalue weighted by molar-refractivity contribution is 7.98. The first-order valence-corrected chi connectivity index (χ1v) is 9.22. The van der Waals surface area contributed by atoms with Crippen molar-refractivity contribution < 1.29 is 14.8 Å². The second-order valence-electron chi connectivity index (χ2n) is 6.13. The summed E-state index contributed by atoms with van der Waals surface area (Å²) in [7, 11) is 0. The van der Waals surface area contributed by atoms with E-state index in [1.54, 1.807) is 0 Å². The minimum atomic E-state index is -1.23. The van der Waals surface area contributed by atoms with Crippen LogP contribution in [0.15, 0.2) is 28.0 Å². The zero-order valence-corrected chi connectivity index (χ0v) is 15.0. The van der Waals surface area contributed by atoms with E-state index >= 15 is 0 Å². The number of carboxylic acids is 1. The molecule has 0 atom stereocenters. The van der Waals surface area contributed by atoms with Gasteiger partial charge in [-0.3, -0.25) is 14.9 Å². The summed E-state index contributed by atoms with van der Waals surface area (Å²) < 4.78 is 0. The molecule has 1 aliphatic rings. The van der Waals surface area contributed by atoms with Crippen LogP contribution in [0.25, 0.3) is 0 Å². The van der Waals surface area contributed by atoms with Crippen LogP contribution in [0.3, 0.4) is 0 Å². The van der Waals surface area contributed by atoms with Crippen LogP contribution in [0.5, 0.6) is 0 Å². The Hall–Kier alpha value is -3.12. The number of H-pyrrole nitrogens is 1. The molecule has 0 fully saturated rings. The Bertz CT molecular complexity index is 1040. The van der Waals surface area contributed by atoms with Crippen LogP contribution in [0.2, 0.25) is 0 Å². The van der Waals surface area contributed by atoms with Crippen LogP contribution in [0.4, 0.5) is 5.69 Å². The van der Waals surface area contributed by atoms with Gasteiger partial charge in [0.1, 0.15) is 11.6 Å². The van der Waals surface area contributed by atoms with E-state index in [1.165, 1.54) is 23.9 Å². The number of nitro groups is 1. The number of carboxylic acid groups (broad SMARTS) is 1. The number of hydrogen-bond donors (Lipinski definition) is 2. The first-order chi connectivity index (χ1) is 12.9. The van der Waals surface area contributed by atoms with Crippen molar-refractivity contribution in [3.63, 3.8) is 0 Å². The molecule has 1 aromatic heterocycles. The van der Waals surface area contributed by atoms with E-state index < -0.39 is 16.5 Å². The van der Waals surface area contributed by atoms with Crippen molar-refractivity contribution in [1.29, 1.82) is 5.26 Å². The van der Waals surface area contributed by atoms with Gasteiger partial charge in [-0.15, -0.1) is 11.8 Å². The Morgan fingerprint density at radius 1 is 1.33 bits per heavy atom. The lowest BCUT2D eigenvalue weighted by Gasteiger charge is -2.19. The molecule has 3 rings (SSSR count). The van der Waals surface area contributed by atoms with Gasteiger partial charge in [0, 0.05) is 17.4 Å². The number of thioether (sulfide) groups is 1. The Morgan fingerprint density at radius 3 is 2.67 bits per heavy atom. The van der Waals surface area contributed by atoms with E-state index in [0.29, 0.717) is 17.0 Å². The van der Waals surface area contributed by atoms with E-state index in [0.717, 1.165) is 36.5 Å². The maximum Gasteiger partial charge on any atom is 0.335 e. The molecular weight excluding hydrogens is 370 g/mol. The van der Waals surface area contributed by atoms with Crippen molar-refractivity contribution in [2.75, 3.05) is 0 Å². The highest BCUT2D eigenvalue weighted by atomic mass is 32.2. The van der Waals surface area contributed by atoms with E-state index in [4.69, 9.17) is 5.11 Å². The lowest BCUT2D eigenvalue weighted by Crippen LogP contribution is -2.20. The van der Waals surface area contributed by atoms with Crippen LogP contribution in [0, 0.1) is 21.4 Å². The molecule has 0 aliphatic heterocycles. The number of pyridine rings is 1. The van der Waals surface area contributed by atoms with Crippen LogP contribution < -0.4 is 5.56 Å². The molecule has 0 saturated heterocycles. The van der Waals surface area contributed by atoms with Crippen LogP contribution in [-0.2, 0) is 18.6 Å². The topological polar surface area (TPSA) is 137 Å². The van der Waals surface area contributed by atoms with Gasteiger partial charge in [0.25, 0.3) is 11.2 Å². The molecule has 1 aliphatic carbocycles. The van der Waals surface area contributed by atoms with Gasteiger partial charge in [0.05, 0.1) is 15.5 Å². The zero-order valence-electron chi connectivity index (χ0n) is 14.2. The molecule has 2 aromatic rings. The quantitative estimate of drug-likeness (QED) is 0.458. The first-order valence-electron chi connectivity index (χ1n) is 8.24. The molecule has 27 heavy (non-hydrogen) atoms. The summed E-state index contributed by atoms with van der Waals surface area (Å²) in [5.74, 6) is -1.03. The van der Waals surface area contributed by atoms with E-state index in [9.17, 15) is 25.0 Å². The predicted molar refractivity (Wildman–Crippen MR) is 98.0 cm³/mol. The summed E-state index contributed by atoms with van der Waals surface area (Å²) in [6.45, 7) is 0. The van der Waals surface area contributed by atoms with Crippen molar-refractivity contribution in [3.8, 4) is 6.07 Å². The molecule has 0 bridgehead atoms. The van der Waals surface area contributed by atoms with Crippen molar-refractivity contribution >= 4 is 23.4 Å². The molecule has 9 heteroatoms. The van der Waals surface area contributed by atoms with Gasteiger partial charge >= 0.3 is 5.97 Å². The number of nitriles is 1. The third kappa shape index (κ3) is 3.71. The Labute approximate surface area is 158 Å². The van der Waals surface area contributed by atoms with Crippen LogP contribution in [-0.4, -0.2) is 21.0 Å². The lowest BCUT2D eigenvalue weighted by atomic mass is 9.90. The lowest BCUT2D eigenvalue weighted by molar-refractivity contribution is -0.385. The molecule has 1 heterocycles. The molecule has 1 aromatic carbocycles. The average Bonchev–Trinajstić information content (AvgIpc) is 2.65. The summed E-state index contributed by atoms with van der Waals surface area (Å²) >= 11 is 1.25. The number of benzene rings is 1. The van der Waals surface area contributed by atoms with Crippen molar-refractivity contribution in [2.24, 2.45) is 0 Å². The number of nitro benzene ring substituents is 1. The van der Waals surface area contributed by atoms with E-state index in [-0.39, 0.29) is 22.6 Å². The van der Waals surface area contributed by atoms with Gasteiger partial charge in [-0.25, -0.2) is 4.79 Å². The predicted octanol–water partition coefficient (Wildman–Crippen LogP) is 3.02. The largest absolute Gasteiger partial charge is 0.478 e. The molecule has 8 nitrogen and oxygen atoms in total. The number of aromatic amines is 1. The summed E-state index contributed by atoms with van der Waals surface area (Å²) in [5, 5.41) is 30.2. The van der Waals surface area contributed by atoms with Crippen molar-refractivity contribution in [2.45, 2.75) is 36.5 Å². The smallest absolute Gasteiger partial charge is 0.335 e. The Kier molecular flexibility index (Phi) is 5.28. The van der Waals surface area contributed by atoms with Gasteiger partial charge in [0.15, 0.2) is 0 Å². The number of carbonyl (C=O) groups is 1. The minimum absolute atomic E-state index is 0.144. The molecule has 138 valence electrons. The molecule has 2 N–H and O–H groups in total. The van der Waals surface area contributed by atoms with Crippen molar-refractivity contribution in [3.05, 3.63) is 66.5 Å². The summed E-state index contributed by atoms with van der Waals surface area (Å²) in [6.07, 6.45) is 3.27. The summed E-state index contributed by atoms with van der Waals surface area (Å²) in [4.78, 5) is 36.6. The Balaban J connectivity index is 1.95. The number of nitrogens with zero attached hydrogens (tertiary/aromatic N) is 2. The fourth-order valence-electron chi connectivity index (χ4n) is 3.19. The first kappa shape index (κ1) is 18.7. The molecule has 0 saturated carbocycles. The Morgan fingerprint density at radius 2 is 2.04 bits per heavy atom. The van der Waals surface area contributed by atoms with Gasteiger partial charge in [0.2, 0.25) is 0 Å². The molecule has 0 amide bonds. The fraction of sp³-hybridized carbons (Fsp3) is 0.278. The summed E-state index contributed by atoms with van der Waals surface area (Å²) in [5.41, 5.74) is 1.33. The fourth-order valence-corrected chi connectivity index (χ4v) is 4.30. The highest BCUT2D eigenvalue weighted by Crippen LogP contribution is 2.33. The third-order valence-electron chi connectivity index (χ3n) is 4.51. The SMILES string of the molecule is N#Cc1c2c(c(SCc3ccc(C(=O)O)cc3[N+](=O)[O-])[nH]c1=O)CCCC2. The number of rotatable bonds is 5. The number of nitrogens with one attached hydrogen (secondary N) is 1. The standard InChI is InChI=1S/C18H15N3O5S/c19-8-14-12-3-1-2-4-13(12)17(20-16(14)22)27-9-11-6-5-10(18(23)24)7-15(11)21(25)26/h5-7H,1-4,9H2,(H,20,22)(H,23,24). The van der Waals surface area contributed by atoms with Gasteiger partial charge < -0.3 is 10.1 Å². The van der Waals surface area contributed by atoms with E-state index in [2.05, 4.69) is 4.98 Å². The molecule has 0 radical (unpaired) electrons. The molecule has 0 unspecified atom stereocenters. The maximum absolute atomic E-state index is 12.2. The van der Waals surface area contributed by atoms with Crippen molar-refractivity contribution in [1.82, 2.24) is 4.98 Å². The highest BCUT2D eigenvalue weighted by Gasteiger charge is 2.22. The minimum Gasteiger partial charge on any atom is -0.478 e. The van der Waals surface area contributed by atoms with E-state index in [1.807, 2.05) is 6.07 Å². The maximum atomic E-state index is 12.2. The second kappa shape index (κ2) is 7.63. The number of hydrogen-bond acceptors (Lipinski definition) is 6.